The summed E-state index contributed by atoms with van der Waals surface area (Å²) < 4.78 is 14.9. The molecule has 9 heteroatoms. The minimum absolute atomic E-state index is 0.111. The third-order valence-corrected chi connectivity index (χ3v) is 7.82. The molecule has 2 saturated carbocycles. The molecule has 3 fully saturated rings. The second-order valence-electron chi connectivity index (χ2n) is 8.99. The van der Waals surface area contributed by atoms with Crippen LogP contribution >= 0.6 is 23.2 Å². The molecular formula is C21H24Cl2FN3O3. The van der Waals surface area contributed by atoms with Gasteiger partial charge in [0.25, 0.3) is 5.91 Å². The van der Waals surface area contributed by atoms with Gasteiger partial charge in [0.05, 0.1) is 16.1 Å². The van der Waals surface area contributed by atoms with Gasteiger partial charge in [0.15, 0.2) is 0 Å². The lowest BCUT2D eigenvalue weighted by Gasteiger charge is -2.36. The highest BCUT2D eigenvalue weighted by atomic mass is 35.5. The Balaban J connectivity index is 1.61. The van der Waals surface area contributed by atoms with Crippen molar-refractivity contribution in [1.29, 1.82) is 0 Å². The van der Waals surface area contributed by atoms with Gasteiger partial charge in [-0.2, -0.15) is 0 Å². The van der Waals surface area contributed by atoms with Crippen LogP contribution in [0.15, 0.2) is 12.1 Å². The number of hydrogen-bond donors (Lipinski definition) is 3. The zero-order chi connectivity index (χ0) is 21.7. The molecule has 0 radical (unpaired) electrons. The molecule has 1 saturated heterocycles. The average molecular weight is 456 g/mol. The number of carbonyl (C=O) groups is 3. The standard InChI is InChI=1S/C21H24Cl2FN3O3/c1-20(7-2-3-8-20)16(14-13(24)5-4-12(22)15(14)23)25-17(28)11-6-9-21(10-11)18(29)26-19(30)27-21/h4-5,11,16H,2-3,6-10H2,1H3,(H,25,28)(H2,26,27,29,30)/t11-,16+,21+/m1/s1. The van der Waals surface area contributed by atoms with E-state index in [-0.39, 0.29) is 33.4 Å². The van der Waals surface area contributed by atoms with Crippen LogP contribution in [0.1, 0.15) is 63.5 Å². The Kier molecular flexibility index (Phi) is 5.47. The first-order valence-electron chi connectivity index (χ1n) is 10.2. The first kappa shape index (κ1) is 21.4. The van der Waals surface area contributed by atoms with E-state index < -0.39 is 35.3 Å². The molecule has 2 aliphatic carbocycles. The van der Waals surface area contributed by atoms with Crippen LogP contribution in [0.3, 0.4) is 0 Å². The monoisotopic (exact) mass is 455 g/mol. The first-order valence-corrected chi connectivity index (χ1v) is 11.0. The maximum Gasteiger partial charge on any atom is 0.322 e. The van der Waals surface area contributed by atoms with E-state index in [0.717, 1.165) is 25.7 Å². The Hall–Kier alpha value is -1.86. The van der Waals surface area contributed by atoms with E-state index >= 15 is 0 Å². The van der Waals surface area contributed by atoms with Crippen LogP contribution in [-0.4, -0.2) is 23.4 Å². The maximum absolute atomic E-state index is 14.9. The van der Waals surface area contributed by atoms with Gasteiger partial charge >= 0.3 is 6.03 Å². The molecule has 3 atom stereocenters. The number of imide groups is 1. The van der Waals surface area contributed by atoms with E-state index in [4.69, 9.17) is 23.2 Å². The average Bonchev–Trinajstić information content (AvgIpc) is 3.38. The Morgan fingerprint density at radius 2 is 1.93 bits per heavy atom. The number of carbonyl (C=O) groups excluding carboxylic acids is 3. The Morgan fingerprint density at radius 1 is 1.23 bits per heavy atom. The van der Waals surface area contributed by atoms with Crippen LogP contribution in [0.2, 0.25) is 10.0 Å². The number of urea groups is 1. The molecule has 1 spiro atoms. The summed E-state index contributed by atoms with van der Waals surface area (Å²) in [4.78, 5) is 37.0. The largest absolute Gasteiger partial charge is 0.348 e. The molecule has 6 nitrogen and oxygen atoms in total. The summed E-state index contributed by atoms with van der Waals surface area (Å²) in [6, 6.07) is 1.50. The van der Waals surface area contributed by atoms with E-state index in [0.29, 0.717) is 12.8 Å². The summed E-state index contributed by atoms with van der Waals surface area (Å²) in [5.41, 5.74) is -1.19. The predicted molar refractivity (Wildman–Crippen MR) is 111 cm³/mol. The summed E-state index contributed by atoms with van der Waals surface area (Å²) in [6.45, 7) is 2.03. The SMILES string of the molecule is CC1([C@@H](NC(=O)[C@@H]2CC[C@@]3(C2)NC(=O)NC3=O)c2c(F)ccc(Cl)c2Cl)CCCC1. The van der Waals surface area contributed by atoms with Crippen LogP contribution in [0.25, 0.3) is 0 Å². The third-order valence-electron chi connectivity index (χ3n) is 7.00. The van der Waals surface area contributed by atoms with Gasteiger partial charge in [-0.3, -0.25) is 14.9 Å². The van der Waals surface area contributed by atoms with E-state index in [9.17, 15) is 18.8 Å². The second kappa shape index (κ2) is 7.68. The lowest BCUT2D eigenvalue weighted by Crippen LogP contribution is -2.46. The van der Waals surface area contributed by atoms with E-state index in [2.05, 4.69) is 16.0 Å². The Bertz CT molecular complexity index is 919. The van der Waals surface area contributed by atoms with Gasteiger partial charge in [0.2, 0.25) is 5.91 Å². The zero-order valence-corrected chi connectivity index (χ0v) is 18.1. The van der Waals surface area contributed by atoms with Gasteiger partial charge < -0.3 is 10.6 Å². The summed E-state index contributed by atoms with van der Waals surface area (Å²) in [7, 11) is 0. The molecule has 4 rings (SSSR count). The van der Waals surface area contributed by atoms with Crippen LogP contribution in [0.5, 0.6) is 0 Å². The number of benzene rings is 1. The van der Waals surface area contributed by atoms with Crippen molar-refractivity contribution in [3.05, 3.63) is 33.6 Å². The second-order valence-corrected chi connectivity index (χ2v) is 9.77. The van der Waals surface area contributed by atoms with Crippen LogP contribution in [0, 0.1) is 17.2 Å². The van der Waals surface area contributed by atoms with E-state index in [1.165, 1.54) is 12.1 Å². The molecular weight excluding hydrogens is 432 g/mol. The van der Waals surface area contributed by atoms with Crippen molar-refractivity contribution in [2.75, 3.05) is 0 Å². The molecule has 162 valence electrons. The lowest BCUT2D eigenvalue weighted by atomic mass is 9.76. The lowest BCUT2D eigenvalue weighted by molar-refractivity contribution is -0.127. The molecule has 30 heavy (non-hydrogen) atoms. The van der Waals surface area contributed by atoms with E-state index in [1.807, 2.05) is 6.92 Å². The highest BCUT2D eigenvalue weighted by molar-refractivity contribution is 6.42. The van der Waals surface area contributed by atoms with Crippen LogP contribution in [-0.2, 0) is 9.59 Å². The number of halogens is 3. The number of hydrogen-bond acceptors (Lipinski definition) is 3. The maximum atomic E-state index is 14.9. The van der Waals surface area contributed by atoms with Crippen LogP contribution in [0.4, 0.5) is 9.18 Å². The molecule has 0 aromatic heterocycles. The molecule has 3 aliphatic rings. The van der Waals surface area contributed by atoms with E-state index in [1.54, 1.807) is 0 Å². The fraction of sp³-hybridized carbons (Fsp3) is 0.571. The van der Waals surface area contributed by atoms with Crippen molar-refractivity contribution >= 4 is 41.0 Å². The Morgan fingerprint density at radius 3 is 2.57 bits per heavy atom. The highest BCUT2D eigenvalue weighted by Gasteiger charge is 2.53. The quantitative estimate of drug-likeness (QED) is 0.468. The van der Waals surface area contributed by atoms with Crippen LogP contribution < -0.4 is 16.0 Å². The zero-order valence-electron chi connectivity index (χ0n) is 16.6. The fourth-order valence-corrected chi connectivity index (χ4v) is 5.68. The molecule has 1 aliphatic heterocycles. The molecule has 1 aromatic rings. The van der Waals surface area contributed by atoms with Gasteiger partial charge in [0, 0.05) is 11.5 Å². The summed E-state index contributed by atoms with van der Waals surface area (Å²) in [5.74, 6) is -1.64. The number of amides is 4. The number of rotatable bonds is 4. The Labute approximate surface area is 184 Å². The molecule has 0 bridgehead atoms. The van der Waals surface area contributed by atoms with Gasteiger partial charge in [-0.15, -0.1) is 0 Å². The number of nitrogens with one attached hydrogen (secondary N) is 3. The topological polar surface area (TPSA) is 87.3 Å². The third kappa shape index (κ3) is 3.56. The highest BCUT2D eigenvalue weighted by Crippen LogP contribution is 2.50. The van der Waals surface area contributed by atoms with Gasteiger partial charge in [-0.25, -0.2) is 9.18 Å². The minimum Gasteiger partial charge on any atom is -0.348 e. The summed E-state index contributed by atoms with van der Waals surface area (Å²) in [5, 5.41) is 8.28. The van der Waals surface area contributed by atoms with Gasteiger partial charge in [-0.05, 0) is 49.7 Å². The van der Waals surface area contributed by atoms with Crippen molar-refractivity contribution in [3.63, 3.8) is 0 Å². The van der Waals surface area contributed by atoms with Crippen molar-refractivity contribution in [3.8, 4) is 0 Å². The van der Waals surface area contributed by atoms with Crippen molar-refractivity contribution in [2.45, 2.75) is 63.5 Å². The first-order chi connectivity index (χ1) is 14.2. The molecule has 1 heterocycles. The predicted octanol–water partition coefficient (Wildman–Crippen LogP) is 4.25. The van der Waals surface area contributed by atoms with Gasteiger partial charge in [-0.1, -0.05) is 43.0 Å². The molecule has 3 N–H and O–H groups in total. The summed E-state index contributed by atoms with van der Waals surface area (Å²) >= 11 is 12.5. The van der Waals surface area contributed by atoms with Crippen molar-refractivity contribution in [1.82, 2.24) is 16.0 Å². The molecule has 0 unspecified atom stereocenters. The fourth-order valence-electron chi connectivity index (χ4n) is 5.25. The smallest absolute Gasteiger partial charge is 0.322 e. The van der Waals surface area contributed by atoms with Gasteiger partial charge in [0.1, 0.15) is 11.4 Å². The molecule has 1 aromatic carbocycles. The molecule has 4 amide bonds. The van der Waals surface area contributed by atoms with Crippen molar-refractivity contribution < 1.29 is 18.8 Å². The minimum atomic E-state index is -1.04. The normalized spacial score (nSPS) is 28.5. The van der Waals surface area contributed by atoms with Crippen molar-refractivity contribution in [2.24, 2.45) is 11.3 Å². The summed E-state index contributed by atoms with van der Waals surface area (Å²) in [6.07, 6.45) is 4.68.